The number of allylic oxidation sites excluding steroid dienone is 2. The van der Waals surface area contributed by atoms with Crippen molar-refractivity contribution in [3.8, 4) is 17.3 Å². The number of carbonyl (C=O) groups excluding carboxylic acids is 3. The van der Waals surface area contributed by atoms with Gasteiger partial charge >= 0.3 is 6.18 Å². The Labute approximate surface area is 313 Å². The van der Waals surface area contributed by atoms with E-state index in [0.29, 0.717) is 31.1 Å². The van der Waals surface area contributed by atoms with Gasteiger partial charge in [0.2, 0.25) is 33.3 Å². The Morgan fingerprint density at radius 1 is 1.02 bits per heavy atom. The van der Waals surface area contributed by atoms with Crippen molar-refractivity contribution in [3.63, 3.8) is 0 Å². The highest BCUT2D eigenvalue weighted by Crippen LogP contribution is 2.41. The number of furan rings is 1. The third-order valence-electron chi connectivity index (χ3n) is 10.2. The highest BCUT2D eigenvalue weighted by molar-refractivity contribution is 7.90. The summed E-state index contributed by atoms with van der Waals surface area (Å²) < 4.78 is 92.1. The molecule has 55 heavy (non-hydrogen) atoms. The highest BCUT2D eigenvalue weighted by Gasteiger charge is 2.45. The van der Waals surface area contributed by atoms with Crippen molar-refractivity contribution in [1.82, 2.24) is 19.6 Å². The van der Waals surface area contributed by atoms with Crippen LogP contribution in [0.3, 0.4) is 0 Å². The van der Waals surface area contributed by atoms with Gasteiger partial charge in [0.25, 0.3) is 5.88 Å². The van der Waals surface area contributed by atoms with Gasteiger partial charge in [0.15, 0.2) is 5.82 Å². The average Bonchev–Trinajstić information content (AvgIpc) is 4.06. The molecule has 4 atom stereocenters. The first-order valence-electron chi connectivity index (χ1n) is 18.2. The van der Waals surface area contributed by atoms with Crippen LogP contribution in [0.4, 0.5) is 17.6 Å². The lowest BCUT2D eigenvalue weighted by Crippen LogP contribution is -2.43. The minimum absolute atomic E-state index is 0.0138. The van der Waals surface area contributed by atoms with Gasteiger partial charge in [-0.25, -0.2) is 17.8 Å². The number of aromatic nitrogens is 2. The molecule has 3 N–H and O–H groups in total. The van der Waals surface area contributed by atoms with Crippen molar-refractivity contribution in [2.45, 2.75) is 87.8 Å². The zero-order chi connectivity index (χ0) is 39.1. The van der Waals surface area contributed by atoms with E-state index in [0.717, 1.165) is 43.9 Å². The second kappa shape index (κ2) is 15.2. The monoisotopic (exact) mass is 785 g/mol. The van der Waals surface area contributed by atoms with Crippen molar-refractivity contribution in [2.24, 2.45) is 17.6 Å². The second-order valence-electron chi connectivity index (χ2n) is 14.4. The lowest BCUT2D eigenvalue weighted by Gasteiger charge is -2.21. The van der Waals surface area contributed by atoms with Crippen LogP contribution >= 0.6 is 0 Å². The van der Waals surface area contributed by atoms with Gasteiger partial charge in [0.05, 0.1) is 17.4 Å². The molecule has 0 unspecified atom stereocenters. The lowest BCUT2D eigenvalue weighted by molar-refractivity contribution is -0.137. The van der Waals surface area contributed by atoms with Crippen molar-refractivity contribution in [3.05, 3.63) is 66.0 Å². The lowest BCUT2D eigenvalue weighted by atomic mass is 10.1. The molecule has 1 saturated heterocycles. The van der Waals surface area contributed by atoms with E-state index in [1.165, 1.54) is 29.2 Å². The minimum atomic E-state index is -4.54. The Morgan fingerprint density at radius 3 is 2.47 bits per heavy atom. The second-order valence-corrected chi connectivity index (χ2v) is 16.3. The molecule has 2 aromatic carbocycles. The summed E-state index contributed by atoms with van der Waals surface area (Å²) in [6, 6.07) is 7.16. The molecule has 0 bridgehead atoms. The fourth-order valence-corrected chi connectivity index (χ4v) is 8.26. The molecule has 2 aromatic heterocycles. The highest BCUT2D eigenvalue weighted by atomic mass is 32.2. The van der Waals surface area contributed by atoms with E-state index in [2.05, 4.69) is 14.7 Å². The molecule has 12 nitrogen and oxygen atoms in total. The number of fused-ring (bicyclic) bond motifs is 3. The Hall–Kier alpha value is -5.06. The number of primary amides is 1. The predicted molar refractivity (Wildman–Crippen MR) is 192 cm³/mol. The summed E-state index contributed by atoms with van der Waals surface area (Å²) in [5.41, 5.74) is 5.54. The molecule has 292 valence electrons. The Kier molecular flexibility index (Phi) is 10.6. The zero-order valence-electron chi connectivity index (χ0n) is 29.6. The number of benzene rings is 2. The van der Waals surface area contributed by atoms with E-state index in [9.17, 15) is 40.4 Å². The number of rotatable bonds is 15. The van der Waals surface area contributed by atoms with Crippen LogP contribution in [0.5, 0.6) is 5.88 Å². The molecular formula is C38H39F4N5O7S. The Balaban J connectivity index is 0.938. The summed E-state index contributed by atoms with van der Waals surface area (Å²) in [4.78, 5) is 48.3. The number of unbranched alkanes of at least 4 members (excludes halogenated alkanes) is 4. The average molecular weight is 786 g/mol. The molecule has 3 heterocycles. The van der Waals surface area contributed by atoms with Gasteiger partial charge in [-0.05, 0) is 68.7 Å². The molecule has 0 spiro atoms. The molecule has 0 radical (unpaired) electrons. The molecule has 2 saturated carbocycles. The van der Waals surface area contributed by atoms with Crippen LogP contribution in [0, 0.1) is 17.7 Å². The van der Waals surface area contributed by atoms with Crippen molar-refractivity contribution in [1.29, 1.82) is 0 Å². The maximum Gasteiger partial charge on any atom is 0.416 e. The number of sulfonamides is 1. The first-order chi connectivity index (χ1) is 26.2. The maximum absolute atomic E-state index is 14.1. The number of halogens is 4. The summed E-state index contributed by atoms with van der Waals surface area (Å²) in [6.07, 6.45) is 4.57. The van der Waals surface area contributed by atoms with E-state index in [-0.39, 0.29) is 71.1 Å². The number of ether oxygens (including phenoxy) is 1. The minimum Gasteiger partial charge on any atom is -0.470 e. The number of amides is 3. The smallest absolute Gasteiger partial charge is 0.416 e. The van der Waals surface area contributed by atoms with Crippen LogP contribution in [0.2, 0.25) is 0 Å². The third kappa shape index (κ3) is 8.76. The molecule has 1 aliphatic heterocycles. The molecule has 7 rings (SSSR count). The number of nitrogens with zero attached hydrogens (tertiary/aromatic N) is 3. The van der Waals surface area contributed by atoms with Gasteiger partial charge in [-0.2, -0.15) is 18.2 Å². The van der Waals surface area contributed by atoms with E-state index < -0.39 is 56.8 Å². The van der Waals surface area contributed by atoms with E-state index in [4.69, 9.17) is 14.9 Å². The van der Waals surface area contributed by atoms with Gasteiger partial charge < -0.3 is 19.8 Å². The summed E-state index contributed by atoms with van der Waals surface area (Å²) in [6.45, 7) is 0.0138. The SMILES string of the molecule is NC(=O)[C@@H]1C[C@@H](Oc2nc(-c3ccc(C(F)(F)F)cc3)nc3c2oc2cc(F)ccc23)CN1C(=O)CCCCCC/C=C\[C@@H]1C[C@@H]1C(=O)NS(=O)(=O)C1CC1. The largest absolute Gasteiger partial charge is 0.470 e. The number of alkyl halides is 3. The van der Waals surface area contributed by atoms with E-state index in [1.54, 1.807) is 0 Å². The maximum atomic E-state index is 14.1. The molecule has 4 aromatic rings. The molecule has 3 amide bonds. The van der Waals surface area contributed by atoms with Crippen LogP contribution in [0.25, 0.3) is 33.5 Å². The van der Waals surface area contributed by atoms with Gasteiger partial charge in [-0.3, -0.25) is 19.1 Å². The summed E-state index contributed by atoms with van der Waals surface area (Å²) in [5.74, 6) is -2.29. The van der Waals surface area contributed by atoms with Gasteiger partial charge in [-0.15, -0.1) is 0 Å². The number of nitrogens with two attached hydrogens (primary N) is 1. The topological polar surface area (TPSA) is 175 Å². The number of nitrogens with one attached hydrogen (secondary N) is 1. The first-order valence-corrected chi connectivity index (χ1v) is 19.8. The zero-order valence-corrected chi connectivity index (χ0v) is 30.4. The van der Waals surface area contributed by atoms with Crippen LogP contribution in [0.15, 0.2) is 59.0 Å². The van der Waals surface area contributed by atoms with Crippen molar-refractivity contribution in [2.75, 3.05) is 6.54 Å². The van der Waals surface area contributed by atoms with E-state index >= 15 is 0 Å². The van der Waals surface area contributed by atoms with Gasteiger partial charge in [0.1, 0.15) is 29.1 Å². The molecule has 3 aliphatic rings. The molecular weight excluding hydrogens is 747 g/mol. The Morgan fingerprint density at radius 2 is 1.76 bits per heavy atom. The quantitative estimate of drug-likeness (QED) is 0.0811. The van der Waals surface area contributed by atoms with Crippen LogP contribution in [-0.2, 0) is 30.6 Å². The predicted octanol–water partition coefficient (Wildman–Crippen LogP) is 6.18. The van der Waals surface area contributed by atoms with Gasteiger partial charge in [0, 0.05) is 35.8 Å². The van der Waals surface area contributed by atoms with Crippen LogP contribution in [-0.4, -0.2) is 64.9 Å². The van der Waals surface area contributed by atoms with Crippen molar-refractivity contribution >= 4 is 49.8 Å². The number of hydrogen-bond acceptors (Lipinski definition) is 9. The van der Waals surface area contributed by atoms with Crippen LogP contribution in [0.1, 0.15) is 69.8 Å². The Bertz CT molecular complexity index is 2260. The normalized spacial score (nSPS) is 21.4. The van der Waals surface area contributed by atoms with Gasteiger partial charge in [-0.1, -0.05) is 37.1 Å². The number of carbonyl (C=O) groups is 3. The van der Waals surface area contributed by atoms with Crippen LogP contribution < -0.4 is 15.2 Å². The van der Waals surface area contributed by atoms with Crippen molar-refractivity contribution < 1.29 is 49.5 Å². The molecule has 17 heteroatoms. The van der Waals surface area contributed by atoms with E-state index in [1.807, 2.05) is 12.2 Å². The standard InChI is InChI=1S/C38H39F4N5O7S/c39-24-13-16-27-30(18-24)54-33-32(27)44-35(21-9-11-23(12-10-21)38(40,41)42)45-37(33)53-25-19-29(34(43)49)47(20-25)31(48)8-6-4-2-1-3-5-7-22-17-28(22)36(50)46-55(51,52)26-14-15-26/h5,7,9-13,16,18,22,25-26,28-29H,1-4,6,8,14-15,17,19-20H2,(H2,43,49)(H,46,50)/b7-5-/t22-,25-,28+,29+/m1/s1. The first kappa shape index (κ1) is 38.2. The molecule has 3 fully saturated rings. The number of likely N-dealkylation sites (tertiary alicyclic amines) is 1. The molecule has 2 aliphatic carbocycles. The summed E-state index contributed by atoms with van der Waals surface area (Å²) in [7, 11) is -3.54. The third-order valence-corrected chi connectivity index (χ3v) is 12.0. The fraction of sp³-hybridized carbons (Fsp3) is 0.447. The number of hydrogen-bond donors (Lipinski definition) is 2. The summed E-state index contributed by atoms with van der Waals surface area (Å²) in [5, 5.41) is -0.0149. The summed E-state index contributed by atoms with van der Waals surface area (Å²) >= 11 is 0. The fourth-order valence-electron chi connectivity index (χ4n) is 6.91.